The quantitative estimate of drug-likeness (QED) is 0.0750. The molecule has 0 bridgehead atoms. The summed E-state index contributed by atoms with van der Waals surface area (Å²) in [6, 6.07) is -3.00. The number of hydrogen-bond donors (Lipinski definition) is 5. The Morgan fingerprint density at radius 3 is 1.63 bits per heavy atom. The van der Waals surface area contributed by atoms with E-state index in [2.05, 4.69) is 22.9 Å². The van der Waals surface area contributed by atoms with Crippen molar-refractivity contribution in [2.24, 2.45) is 0 Å². The van der Waals surface area contributed by atoms with Crippen molar-refractivity contribution < 1.29 is 43.0 Å². The SMILES string of the molecule is CCCCCCCNC(=O)NC(=O)NC(=O)NCCCCCCCC(=O)OC[C@H](COC(=O)CC)NC(=O)OC(C)(C)C. The highest BCUT2D eigenvalue weighted by atomic mass is 16.6. The van der Waals surface area contributed by atoms with Crippen LogP contribution in [-0.4, -0.2) is 74.1 Å². The number of amides is 7. The van der Waals surface area contributed by atoms with E-state index >= 15 is 0 Å². The minimum atomic E-state index is -0.901. The summed E-state index contributed by atoms with van der Waals surface area (Å²) in [6.07, 6.45) is 8.56. The molecule has 0 fully saturated rings. The second-order valence-electron chi connectivity index (χ2n) is 11.1. The number of nitrogens with one attached hydrogen (secondary N) is 5. The number of imide groups is 2. The average molecular weight is 616 g/mol. The molecule has 0 spiro atoms. The summed E-state index contributed by atoms with van der Waals surface area (Å²) in [5, 5.41) is 11.8. The molecule has 7 amide bonds. The normalized spacial score (nSPS) is 11.5. The summed E-state index contributed by atoms with van der Waals surface area (Å²) < 4.78 is 15.5. The van der Waals surface area contributed by atoms with Gasteiger partial charge in [-0.1, -0.05) is 58.8 Å². The zero-order valence-corrected chi connectivity index (χ0v) is 26.6. The number of rotatable bonds is 20. The van der Waals surface area contributed by atoms with Gasteiger partial charge >= 0.3 is 36.1 Å². The number of alkyl carbamates (subject to hydrolysis) is 1. The Morgan fingerprint density at radius 2 is 1.12 bits per heavy atom. The van der Waals surface area contributed by atoms with E-state index in [0.29, 0.717) is 25.9 Å². The zero-order valence-electron chi connectivity index (χ0n) is 26.6. The van der Waals surface area contributed by atoms with Gasteiger partial charge in [-0.25, -0.2) is 19.2 Å². The number of carbonyl (C=O) groups excluding carboxylic acids is 6. The van der Waals surface area contributed by atoms with E-state index in [1.807, 2.05) is 10.6 Å². The van der Waals surface area contributed by atoms with Gasteiger partial charge in [-0.2, -0.15) is 0 Å². The summed E-state index contributed by atoms with van der Waals surface area (Å²) in [7, 11) is 0. The van der Waals surface area contributed by atoms with Gasteiger partial charge in [0, 0.05) is 25.9 Å². The van der Waals surface area contributed by atoms with Gasteiger partial charge in [-0.3, -0.25) is 20.2 Å². The summed E-state index contributed by atoms with van der Waals surface area (Å²) in [5.41, 5.74) is -0.712. The third-order valence-corrected chi connectivity index (χ3v) is 5.76. The monoisotopic (exact) mass is 615 g/mol. The number of hydrogen-bond acceptors (Lipinski definition) is 9. The maximum absolute atomic E-state index is 12.1. The van der Waals surface area contributed by atoms with Gasteiger partial charge in [0.05, 0.1) is 0 Å². The maximum atomic E-state index is 12.1. The first-order chi connectivity index (χ1) is 20.4. The Bertz CT molecular complexity index is 862. The predicted molar refractivity (Wildman–Crippen MR) is 160 cm³/mol. The Labute approximate surface area is 255 Å². The molecule has 5 N–H and O–H groups in total. The Balaban J connectivity index is 4.00. The number of ether oxygens (including phenoxy) is 3. The highest BCUT2D eigenvalue weighted by molar-refractivity contribution is 6.01. The largest absolute Gasteiger partial charge is 0.463 e. The van der Waals surface area contributed by atoms with E-state index < -0.39 is 47.8 Å². The standard InChI is InChI=1S/C29H53N5O9/c1-6-8-9-12-15-18-30-25(37)33-27(39)34-26(38)31-19-16-13-10-11-14-17-24(36)42-21-22(20-41-23(35)7-2)32-28(40)43-29(3,4)5/h22H,6-21H2,1-5H3,(H,32,40)(H4,30,31,33,34,37,38,39)/t22-/m0/s1. The molecular formula is C29H53N5O9. The van der Waals surface area contributed by atoms with Crippen molar-refractivity contribution in [1.29, 1.82) is 0 Å². The first kappa shape index (κ1) is 39.4. The molecule has 0 aliphatic heterocycles. The molecule has 0 saturated heterocycles. The van der Waals surface area contributed by atoms with Crippen LogP contribution in [0.25, 0.3) is 0 Å². The topological polar surface area (TPSA) is 190 Å². The molecule has 0 aromatic rings. The molecule has 14 heteroatoms. The van der Waals surface area contributed by atoms with Crippen molar-refractivity contribution in [2.45, 2.75) is 123 Å². The fourth-order valence-electron chi connectivity index (χ4n) is 3.55. The summed E-state index contributed by atoms with van der Waals surface area (Å²) in [5.74, 6) is -0.873. The highest BCUT2D eigenvalue weighted by Gasteiger charge is 2.22. The lowest BCUT2D eigenvalue weighted by molar-refractivity contribution is -0.147. The fourth-order valence-corrected chi connectivity index (χ4v) is 3.55. The third kappa shape index (κ3) is 25.8. The van der Waals surface area contributed by atoms with Gasteiger partial charge < -0.3 is 30.2 Å². The first-order valence-corrected chi connectivity index (χ1v) is 15.3. The Hall–Kier alpha value is -3.58. The van der Waals surface area contributed by atoms with Crippen LogP contribution in [-0.2, 0) is 23.8 Å². The van der Waals surface area contributed by atoms with Gasteiger partial charge in [0.25, 0.3) is 0 Å². The van der Waals surface area contributed by atoms with Crippen LogP contribution in [0.4, 0.5) is 19.2 Å². The van der Waals surface area contributed by atoms with E-state index in [1.165, 1.54) is 0 Å². The van der Waals surface area contributed by atoms with E-state index in [9.17, 15) is 28.8 Å². The third-order valence-electron chi connectivity index (χ3n) is 5.76. The van der Waals surface area contributed by atoms with E-state index in [0.717, 1.165) is 51.4 Å². The molecular weight excluding hydrogens is 562 g/mol. The van der Waals surface area contributed by atoms with Crippen LogP contribution in [0, 0.1) is 0 Å². The lowest BCUT2D eigenvalue weighted by Gasteiger charge is -2.23. The molecule has 14 nitrogen and oxygen atoms in total. The molecule has 248 valence electrons. The van der Waals surface area contributed by atoms with Crippen LogP contribution in [0.2, 0.25) is 0 Å². The minimum Gasteiger partial charge on any atom is -0.463 e. The molecule has 0 aromatic carbocycles. The lowest BCUT2D eigenvalue weighted by atomic mass is 10.1. The summed E-state index contributed by atoms with van der Waals surface area (Å²) in [4.78, 5) is 70.9. The Kier molecular flexibility index (Phi) is 21.9. The second kappa shape index (κ2) is 23.9. The molecule has 43 heavy (non-hydrogen) atoms. The molecule has 1 atom stereocenters. The molecule has 0 saturated carbocycles. The molecule has 0 aliphatic carbocycles. The minimum absolute atomic E-state index is 0.148. The zero-order chi connectivity index (χ0) is 32.5. The molecule has 0 radical (unpaired) electrons. The van der Waals surface area contributed by atoms with Crippen molar-refractivity contribution in [2.75, 3.05) is 26.3 Å². The second-order valence-corrected chi connectivity index (χ2v) is 11.1. The molecule has 0 unspecified atom stereocenters. The number of unbranched alkanes of at least 4 members (excludes halogenated alkanes) is 8. The van der Waals surface area contributed by atoms with E-state index in [1.54, 1.807) is 27.7 Å². The van der Waals surface area contributed by atoms with E-state index in [-0.39, 0.29) is 26.1 Å². The predicted octanol–water partition coefficient (Wildman–Crippen LogP) is 4.41. The van der Waals surface area contributed by atoms with Gasteiger partial charge in [-0.05, 0) is 40.0 Å². The van der Waals surface area contributed by atoms with Gasteiger partial charge in [0.1, 0.15) is 24.9 Å². The van der Waals surface area contributed by atoms with Crippen LogP contribution in [0.15, 0.2) is 0 Å². The average Bonchev–Trinajstić information content (AvgIpc) is 2.92. The number of urea groups is 3. The first-order valence-electron chi connectivity index (χ1n) is 15.3. The smallest absolute Gasteiger partial charge is 0.408 e. The van der Waals surface area contributed by atoms with Gasteiger partial charge in [0.2, 0.25) is 0 Å². The van der Waals surface area contributed by atoms with Crippen LogP contribution in [0.3, 0.4) is 0 Å². The molecule has 0 heterocycles. The van der Waals surface area contributed by atoms with Crippen LogP contribution >= 0.6 is 0 Å². The highest BCUT2D eigenvalue weighted by Crippen LogP contribution is 2.08. The molecule has 0 aliphatic rings. The molecule has 0 aromatic heterocycles. The number of esters is 2. The van der Waals surface area contributed by atoms with Gasteiger partial charge in [-0.15, -0.1) is 0 Å². The van der Waals surface area contributed by atoms with Gasteiger partial charge in [0.15, 0.2) is 0 Å². The van der Waals surface area contributed by atoms with E-state index in [4.69, 9.17) is 14.2 Å². The van der Waals surface area contributed by atoms with Crippen LogP contribution in [0.5, 0.6) is 0 Å². The molecule has 0 rings (SSSR count). The van der Waals surface area contributed by atoms with Crippen molar-refractivity contribution >= 4 is 36.1 Å². The fraction of sp³-hybridized carbons (Fsp3) is 0.793. The summed E-state index contributed by atoms with van der Waals surface area (Å²) >= 11 is 0. The van der Waals surface area contributed by atoms with Crippen molar-refractivity contribution in [3.8, 4) is 0 Å². The van der Waals surface area contributed by atoms with Crippen LogP contribution in [0.1, 0.15) is 112 Å². The lowest BCUT2D eigenvalue weighted by Crippen LogP contribution is -2.49. The number of carbonyl (C=O) groups is 6. The van der Waals surface area contributed by atoms with Crippen molar-refractivity contribution in [3.05, 3.63) is 0 Å². The summed E-state index contributed by atoms with van der Waals surface area (Å²) in [6.45, 7) is 9.42. The maximum Gasteiger partial charge on any atom is 0.408 e. The van der Waals surface area contributed by atoms with Crippen molar-refractivity contribution in [3.63, 3.8) is 0 Å². The van der Waals surface area contributed by atoms with Crippen LogP contribution < -0.4 is 26.6 Å². The Morgan fingerprint density at radius 1 is 0.628 bits per heavy atom. The van der Waals surface area contributed by atoms with Crippen molar-refractivity contribution in [1.82, 2.24) is 26.6 Å².